The summed E-state index contributed by atoms with van der Waals surface area (Å²) in [7, 11) is 0. The zero-order valence-corrected chi connectivity index (χ0v) is 16.3. The largest absolute Gasteiger partial charge is 0.479 e. The van der Waals surface area contributed by atoms with E-state index in [1.165, 1.54) is 19.1 Å². The molecule has 2 aromatic rings. The smallest absolute Gasteiger partial charge is 0.347 e. The van der Waals surface area contributed by atoms with Gasteiger partial charge in [0.25, 0.3) is 11.6 Å². The molecule has 28 heavy (non-hydrogen) atoms. The molecule has 0 heterocycles. The SMILES string of the molecule is Cc1cc(NC(=O)COC(=O)[C@H](C)Oc2ccc(Cl)cc2)c([N+](=O)[O-])cc1C. The Labute approximate surface area is 166 Å². The summed E-state index contributed by atoms with van der Waals surface area (Å²) in [4.78, 5) is 34.6. The van der Waals surface area contributed by atoms with Crippen LogP contribution in [0, 0.1) is 24.0 Å². The number of carbonyl (C=O) groups excluding carboxylic acids is 2. The number of esters is 1. The highest BCUT2D eigenvalue weighted by atomic mass is 35.5. The van der Waals surface area contributed by atoms with Crippen LogP contribution >= 0.6 is 11.6 Å². The van der Waals surface area contributed by atoms with Gasteiger partial charge in [0.1, 0.15) is 11.4 Å². The van der Waals surface area contributed by atoms with Crippen molar-refractivity contribution in [2.24, 2.45) is 0 Å². The van der Waals surface area contributed by atoms with E-state index in [0.717, 1.165) is 11.1 Å². The Kier molecular flexibility index (Phi) is 6.94. The van der Waals surface area contributed by atoms with Crippen molar-refractivity contribution >= 4 is 34.9 Å². The first-order valence-electron chi connectivity index (χ1n) is 8.31. The van der Waals surface area contributed by atoms with Gasteiger partial charge in [-0.1, -0.05) is 11.6 Å². The first-order valence-corrected chi connectivity index (χ1v) is 8.69. The highest BCUT2D eigenvalue weighted by Gasteiger charge is 2.20. The summed E-state index contributed by atoms with van der Waals surface area (Å²) in [5.74, 6) is -1.03. The van der Waals surface area contributed by atoms with E-state index in [2.05, 4.69) is 5.32 Å². The zero-order chi connectivity index (χ0) is 20.8. The van der Waals surface area contributed by atoms with E-state index in [1.807, 2.05) is 0 Å². The topological polar surface area (TPSA) is 108 Å². The van der Waals surface area contributed by atoms with Crippen molar-refractivity contribution in [2.45, 2.75) is 26.9 Å². The minimum atomic E-state index is -0.954. The lowest BCUT2D eigenvalue weighted by atomic mass is 10.1. The van der Waals surface area contributed by atoms with Gasteiger partial charge in [0, 0.05) is 11.1 Å². The lowest BCUT2D eigenvalue weighted by Gasteiger charge is -2.14. The summed E-state index contributed by atoms with van der Waals surface area (Å²) in [6.45, 7) is 4.38. The summed E-state index contributed by atoms with van der Waals surface area (Å²) in [6, 6.07) is 9.28. The number of ether oxygens (including phenoxy) is 2. The average Bonchev–Trinajstić information content (AvgIpc) is 2.64. The van der Waals surface area contributed by atoms with Crippen LogP contribution in [0.5, 0.6) is 5.75 Å². The standard InChI is InChI=1S/C19H19ClN2O6/c1-11-8-16(17(22(25)26)9-12(11)2)21-18(23)10-27-19(24)13(3)28-15-6-4-14(20)5-7-15/h4-9,13H,10H2,1-3H3,(H,21,23)/t13-/m0/s1. The van der Waals surface area contributed by atoms with E-state index in [0.29, 0.717) is 10.8 Å². The molecule has 0 saturated carbocycles. The van der Waals surface area contributed by atoms with Crippen molar-refractivity contribution in [3.8, 4) is 5.75 Å². The number of halogens is 1. The number of nitro groups is 1. The fourth-order valence-corrected chi connectivity index (χ4v) is 2.38. The molecule has 0 aliphatic carbocycles. The normalized spacial score (nSPS) is 11.4. The highest BCUT2D eigenvalue weighted by molar-refractivity contribution is 6.30. The van der Waals surface area contributed by atoms with E-state index in [4.69, 9.17) is 21.1 Å². The lowest BCUT2D eigenvalue weighted by molar-refractivity contribution is -0.384. The number of hydrogen-bond donors (Lipinski definition) is 1. The van der Waals surface area contributed by atoms with Gasteiger partial charge in [-0.05, 0) is 62.2 Å². The molecular weight excluding hydrogens is 388 g/mol. The molecule has 0 spiro atoms. The number of benzene rings is 2. The molecule has 0 aliphatic rings. The molecule has 1 N–H and O–H groups in total. The number of nitrogens with zero attached hydrogens (tertiary/aromatic N) is 1. The Morgan fingerprint density at radius 1 is 1.18 bits per heavy atom. The third kappa shape index (κ3) is 5.68. The van der Waals surface area contributed by atoms with Crippen molar-refractivity contribution in [3.05, 3.63) is 62.7 Å². The summed E-state index contributed by atoms with van der Waals surface area (Å²) in [5.41, 5.74) is 1.31. The molecule has 0 bridgehead atoms. The summed E-state index contributed by atoms with van der Waals surface area (Å²) in [6.07, 6.45) is -0.954. The maximum atomic E-state index is 12.0. The van der Waals surface area contributed by atoms with Crippen molar-refractivity contribution in [1.82, 2.24) is 0 Å². The molecule has 0 unspecified atom stereocenters. The van der Waals surface area contributed by atoms with E-state index < -0.39 is 29.5 Å². The Balaban J connectivity index is 1.93. The molecule has 1 amide bonds. The number of anilines is 1. The molecule has 8 nitrogen and oxygen atoms in total. The van der Waals surface area contributed by atoms with Crippen LogP contribution < -0.4 is 10.1 Å². The second-order valence-corrected chi connectivity index (χ2v) is 6.52. The van der Waals surface area contributed by atoms with E-state index in [9.17, 15) is 19.7 Å². The van der Waals surface area contributed by atoms with Crippen LogP contribution in [-0.4, -0.2) is 29.5 Å². The van der Waals surface area contributed by atoms with Crippen LogP contribution in [0.2, 0.25) is 5.02 Å². The molecule has 2 aromatic carbocycles. The van der Waals surface area contributed by atoms with E-state index in [-0.39, 0.29) is 11.4 Å². The molecule has 0 aliphatic heterocycles. The van der Waals surface area contributed by atoms with Gasteiger partial charge in [0.15, 0.2) is 12.7 Å². The number of hydrogen-bond acceptors (Lipinski definition) is 6. The Hall–Kier alpha value is -3.13. The predicted molar refractivity (Wildman–Crippen MR) is 104 cm³/mol. The number of amides is 1. The van der Waals surface area contributed by atoms with Crippen molar-refractivity contribution in [2.75, 3.05) is 11.9 Å². The number of rotatable bonds is 7. The van der Waals surface area contributed by atoms with Crippen LogP contribution in [0.1, 0.15) is 18.1 Å². The summed E-state index contributed by atoms with van der Waals surface area (Å²) in [5, 5.41) is 14.1. The second-order valence-electron chi connectivity index (χ2n) is 6.08. The lowest BCUT2D eigenvalue weighted by Crippen LogP contribution is -2.29. The number of carbonyl (C=O) groups is 2. The van der Waals surface area contributed by atoms with Gasteiger partial charge < -0.3 is 14.8 Å². The van der Waals surface area contributed by atoms with Crippen LogP contribution in [0.25, 0.3) is 0 Å². The Morgan fingerprint density at radius 3 is 2.39 bits per heavy atom. The van der Waals surface area contributed by atoms with Crippen molar-refractivity contribution in [3.63, 3.8) is 0 Å². The molecule has 0 aromatic heterocycles. The van der Waals surface area contributed by atoms with Gasteiger partial charge in [-0.2, -0.15) is 0 Å². The Morgan fingerprint density at radius 2 is 1.79 bits per heavy atom. The van der Waals surface area contributed by atoms with Crippen LogP contribution in [-0.2, 0) is 14.3 Å². The molecule has 0 fully saturated rings. The van der Waals surface area contributed by atoms with E-state index in [1.54, 1.807) is 38.1 Å². The minimum absolute atomic E-state index is 0.0413. The van der Waals surface area contributed by atoms with Gasteiger partial charge in [-0.15, -0.1) is 0 Å². The molecule has 9 heteroatoms. The first kappa shape index (κ1) is 21.2. The second kappa shape index (κ2) is 9.18. The molecule has 2 rings (SSSR count). The maximum Gasteiger partial charge on any atom is 0.347 e. The van der Waals surface area contributed by atoms with Crippen molar-refractivity contribution < 1.29 is 24.0 Å². The quantitative estimate of drug-likeness (QED) is 0.425. The fourth-order valence-electron chi connectivity index (χ4n) is 2.26. The predicted octanol–water partition coefficient (Wildman–Crippen LogP) is 3.81. The maximum absolute atomic E-state index is 12.0. The zero-order valence-electron chi connectivity index (χ0n) is 15.5. The first-order chi connectivity index (χ1) is 13.2. The van der Waals surface area contributed by atoms with Gasteiger partial charge in [0.05, 0.1) is 4.92 Å². The number of aryl methyl sites for hydroxylation is 2. The Bertz CT molecular complexity index is 898. The molecule has 0 radical (unpaired) electrons. The van der Waals surface area contributed by atoms with E-state index >= 15 is 0 Å². The number of nitrogens with one attached hydrogen (secondary N) is 1. The van der Waals surface area contributed by atoms with Crippen LogP contribution in [0.15, 0.2) is 36.4 Å². The highest BCUT2D eigenvalue weighted by Crippen LogP contribution is 2.27. The molecule has 1 atom stereocenters. The van der Waals surface area contributed by atoms with Gasteiger partial charge in [-0.3, -0.25) is 14.9 Å². The van der Waals surface area contributed by atoms with Gasteiger partial charge in [-0.25, -0.2) is 4.79 Å². The molecular formula is C19H19ClN2O6. The molecule has 148 valence electrons. The summed E-state index contributed by atoms with van der Waals surface area (Å²) < 4.78 is 10.3. The van der Waals surface area contributed by atoms with Crippen molar-refractivity contribution in [1.29, 1.82) is 0 Å². The van der Waals surface area contributed by atoms with Crippen LogP contribution in [0.4, 0.5) is 11.4 Å². The van der Waals surface area contributed by atoms with Gasteiger partial charge >= 0.3 is 5.97 Å². The monoisotopic (exact) mass is 406 g/mol. The molecule has 0 saturated heterocycles. The average molecular weight is 407 g/mol. The van der Waals surface area contributed by atoms with Crippen LogP contribution in [0.3, 0.4) is 0 Å². The number of nitro benzene ring substituents is 1. The van der Waals surface area contributed by atoms with Gasteiger partial charge in [0.2, 0.25) is 0 Å². The fraction of sp³-hybridized carbons (Fsp3) is 0.263. The third-order valence-electron chi connectivity index (χ3n) is 3.89. The minimum Gasteiger partial charge on any atom is -0.479 e. The summed E-state index contributed by atoms with van der Waals surface area (Å²) >= 11 is 5.78. The third-order valence-corrected chi connectivity index (χ3v) is 4.14.